The number of nitrogens with zero attached hydrogens (tertiary/aromatic N) is 1. The molecular weight excluding hydrogens is 579 g/mol. The number of hydrogen-bond donors (Lipinski definition) is 2. The third-order valence-corrected chi connectivity index (χ3v) is 6.68. The van der Waals surface area contributed by atoms with Crippen LogP contribution in [0.25, 0.3) is 23.1 Å². The normalized spacial score (nSPS) is 11.5. The molecule has 11 heteroatoms. The molecule has 1 heterocycles. The lowest BCUT2D eigenvalue weighted by atomic mass is 10.0. The number of benzene rings is 3. The Kier molecular flexibility index (Phi) is 10.2. The second-order valence-corrected chi connectivity index (χ2v) is 9.67. The highest BCUT2D eigenvalue weighted by molar-refractivity contribution is 6.12. The Morgan fingerprint density at radius 3 is 2.20 bits per heavy atom. The highest BCUT2D eigenvalue weighted by Crippen LogP contribution is 2.33. The molecule has 1 aromatic heterocycles. The van der Waals surface area contributed by atoms with E-state index in [2.05, 4.69) is 0 Å². The zero-order chi connectivity index (χ0) is 31.8. The predicted molar refractivity (Wildman–Crippen MR) is 157 cm³/mol. The fourth-order valence-corrected chi connectivity index (χ4v) is 4.62. The molecule has 0 saturated carbocycles. The Labute approximate surface area is 250 Å². The summed E-state index contributed by atoms with van der Waals surface area (Å²) in [5, 5.41) is 18.4. The van der Waals surface area contributed by atoms with Gasteiger partial charge in [0.05, 0.1) is 11.9 Å². The fraction of sp³-hybridized carbons (Fsp3) is 0.182. The maximum absolute atomic E-state index is 15.1. The Morgan fingerprint density at radius 2 is 1.52 bits per heavy atom. The van der Waals surface area contributed by atoms with Crippen molar-refractivity contribution >= 4 is 40.8 Å². The van der Waals surface area contributed by atoms with E-state index in [1.807, 2.05) is 0 Å². The Morgan fingerprint density at radius 1 is 0.818 bits per heavy atom. The summed E-state index contributed by atoms with van der Waals surface area (Å²) < 4.78 is 54.1. The van der Waals surface area contributed by atoms with Crippen LogP contribution in [0.4, 0.5) is 13.2 Å². The molecule has 44 heavy (non-hydrogen) atoms. The number of hydrogen-bond acceptors (Lipinski definition) is 5. The van der Waals surface area contributed by atoms with E-state index in [1.54, 1.807) is 48.6 Å². The van der Waals surface area contributed by atoms with E-state index in [1.165, 1.54) is 35.8 Å². The van der Waals surface area contributed by atoms with Crippen LogP contribution >= 0.6 is 0 Å². The number of aliphatic carboxylic acids is 2. The van der Waals surface area contributed by atoms with E-state index < -0.39 is 48.1 Å². The molecule has 0 atom stereocenters. The summed E-state index contributed by atoms with van der Waals surface area (Å²) >= 11 is 0. The van der Waals surface area contributed by atoms with Gasteiger partial charge in [0.1, 0.15) is 31.3 Å². The van der Waals surface area contributed by atoms with E-state index in [4.69, 9.17) is 14.6 Å². The quantitative estimate of drug-likeness (QED) is 0.0933. The van der Waals surface area contributed by atoms with E-state index in [0.717, 1.165) is 11.6 Å². The first kappa shape index (κ1) is 31.6. The van der Waals surface area contributed by atoms with E-state index in [-0.39, 0.29) is 47.5 Å². The molecule has 228 valence electrons. The van der Waals surface area contributed by atoms with Gasteiger partial charge < -0.3 is 24.3 Å². The van der Waals surface area contributed by atoms with Crippen molar-refractivity contribution in [3.63, 3.8) is 0 Å². The number of aromatic nitrogens is 1. The van der Waals surface area contributed by atoms with Gasteiger partial charge in [-0.3, -0.25) is 14.4 Å². The van der Waals surface area contributed by atoms with Crippen LogP contribution in [0.1, 0.15) is 40.0 Å². The van der Waals surface area contributed by atoms with Gasteiger partial charge in [-0.2, -0.15) is 4.39 Å². The number of halogens is 3. The molecule has 4 rings (SSSR count). The second kappa shape index (κ2) is 14.2. The van der Waals surface area contributed by atoms with Crippen LogP contribution in [0, 0.1) is 24.4 Å². The summed E-state index contributed by atoms with van der Waals surface area (Å²) in [5.41, 5.74) is 1.64. The summed E-state index contributed by atoms with van der Waals surface area (Å²) in [7, 11) is 0. The number of Topliss-reactive ketones (excluding diaryl/α,β-unsaturated/α-hetero) is 1. The zero-order valence-electron chi connectivity index (χ0n) is 23.6. The number of carbonyl (C=O) groups is 3. The van der Waals surface area contributed by atoms with Gasteiger partial charge in [0.2, 0.25) is 5.82 Å². The lowest BCUT2D eigenvalue weighted by Crippen LogP contribution is -2.11. The lowest BCUT2D eigenvalue weighted by molar-refractivity contribution is -0.138. The molecule has 0 bridgehead atoms. The first-order chi connectivity index (χ1) is 21.1. The molecule has 0 fully saturated rings. The summed E-state index contributed by atoms with van der Waals surface area (Å²) in [6, 6.07) is 13.3. The minimum Gasteiger partial charge on any atom is -0.490 e. The topological polar surface area (TPSA) is 115 Å². The van der Waals surface area contributed by atoms with Crippen molar-refractivity contribution < 1.29 is 47.2 Å². The summed E-state index contributed by atoms with van der Waals surface area (Å²) in [4.78, 5) is 35.5. The van der Waals surface area contributed by atoms with Gasteiger partial charge >= 0.3 is 11.9 Å². The van der Waals surface area contributed by atoms with Crippen LogP contribution in [-0.2, 0) is 16.1 Å². The Balaban J connectivity index is 1.47. The van der Waals surface area contributed by atoms with Gasteiger partial charge in [0.25, 0.3) is 0 Å². The number of carboxylic acid groups (broad SMARTS) is 2. The predicted octanol–water partition coefficient (Wildman–Crippen LogP) is 6.68. The van der Waals surface area contributed by atoms with Gasteiger partial charge in [-0.25, -0.2) is 8.78 Å². The first-order valence-corrected chi connectivity index (χ1v) is 13.5. The van der Waals surface area contributed by atoms with Gasteiger partial charge in [0.15, 0.2) is 17.3 Å². The molecule has 0 radical (unpaired) electrons. The minimum atomic E-state index is -1.19. The zero-order valence-corrected chi connectivity index (χ0v) is 23.6. The maximum atomic E-state index is 15.1. The van der Waals surface area contributed by atoms with Crippen molar-refractivity contribution in [1.29, 1.82) is 0 Å². The van der Waals surface area contributed by atoms with Crippen molar-refractivity contribution in [2.24, 2.45) is 0 Å². The molecule has 3 aromatic carbocycles. The van der Waals surface area contributed by atoms with Gasteiger partial charge in [-0.15, -0.1) is 0 Å². The van der Waals surface area contributed by atoms with Crippen molar-refractivity contribution in [2.75, 3.05) is 13.2 Å². The monoisotopic (exact) mass is 607 g/mol. The molecule has 0 aliphatic heterocycles. The molecule has 0 aliphatic carbocycles. The third-order valence-electron chi connectivity index (χ3n) is 6.68. The standard InChI is InChI=1S/C33H28F3NO7/c1-20-30(26(38)15-16-28(39)40)31-24(34)14-11-22(33(31)37(20)19-29(41)42)10-7-21-8-12-23(13-9-21)43-17-2-3-18-44-27-6-4-5-25(35)32(27)36/h2-14H,15-19H2,1H3,(H,39,40)(H,41,42)/b3-2+,10-7+. The number of fused-ring (bicyclic) bond motifs is 1. The van der Waals surface area contributed by atoms with Gasteiger partial charge in [-0.05, 0) is 66.6 Å². The Bertz CT molecular complexity index is 1760. The highest BCUT2D eigenvalue weighted by Gasteiger charge is 2.25. The van der Waals surface area contributed by atoms with Crippen LogP contribution in [0.15, 0.2) is 66.7 Å². The van der Waals surface area contributed by atoms with Crippen molar-refractivity contribution in [1.82, 2.24) is 4.57 Å². The number of ketones is 1. The fourth-order valence-electron chi connectivity index (χ4n) is 4.62. The van der Waals surface area contributed by atoms with Crippen LogP contribution in [-0.4, -0.2) is 45.7 Å². The van der Waals surface area contributed by atoms with Crippen LogP contribution in [0.2, 0.25) is 0 Å². The van der Waals surface area contributed by atoms with E-state index in [9.17, 15) is 28.3 Å². The molecule has 2 N–H and O–H groups in total. The van der Waals surface area contributed by atoms with Crippen LogP contribution < -0.4 is 9.47 Å². The number of carboxylic acids is 2. The molecule has 8 nitrogen and oxygen atoms in total. The first-order valence-electron chi connectivity index (χ1n) is 13.5. The molecule has 0 aliphatic rings. The molecule has 0 saturated heterocycles. The average Bonchev–Trinajstić information content (AvgIpc) is 3.28. The van der Waals surface area contributed by atoms with Crippen molar-refractivity contribution in [3.8, 4) is 11.5 Å². The van der Waals surface area contributed by atoms with Crippen LogP contribution in [0.5, 0.6) is 11.5 Å². The smallest absolute Gasteiger partial charge is 0.323 e. The molecule has 0 amide bonds. The molecule has 0 spiro atoms. The number of carbonyl (C=O) groups excluding carboxylic acids is 1. The van der Waals surface area contributed by atoms with Crippen molar-refractivity contribution in [3.05, 3.63) is 107 Å². The van der Waals surface area contributed by atoms with Crippen molar-refractivity contribution in [2.45, 2.75) is 26.3 Å². The Hall–Kier alpha value is -5.32. The SMILES string of the molecule is Cc1c(C(=O)CCC(=O)O)c2c(F)ccc(/C=C/c3ccc(OC/C=C/COc4cccc(F)c4F)cc3)c2n1CC(=O)O. The number of rotatable bonds is 14. The molecule has 0 unspecified atom stereocenters. The number of ether oxygens (including phenoxy) is 2. The second-order valence-electron chi connectivity index (χ2n) is 9.67. The summed E-state index contributed by atoms with van der Waals surface area (Å²) in [6.45, 7) is 1.21. The summed E-state index contributed by atoms with van der Waals surface area (Å²) in [5.74, 6) is -5.33. The van der Waals surface area contributed by atoms with E-state index in [0.29, 0.717) is 11.3 Å². The van der Waals surface area contributed by atoms with Gasteiger partial charge in [0, 0.05) is 23.1 Å². The molecule has 4 aromatic rings. The summed E-state index contributed by atoms with van der Waals surface area (Å²) in [6.07, 6.45) is 5.89. The maximum Gasteiger partial charge on any atom is 0.323 e. The molecular formula is C33H28F3NO7. The van der Waals surface area contributed by atoms with Gasteiger partial charge in [-0.1, -0.05) is 30.4 Å². The third kappa shape index (κ3) is 7.54. The lowest BCUT2D eigenvalue weighted by Gasteiger charge is -2.08. The van der Waals surface area contributed by atoms with Crippen LogP contribution in [0.3, 0.4) is 0 Å². The minimum absolute atomic E-state index is 0.0253. The van der Waals surface area contributed by atoms with E-state index >= 15 is 4.39 Å². The largest absolute Gasteiger partial charge is 0.490 e. The average molecular weight is 608 g/mol. The highest BCUT2D eigenvalue weighted by atomic mass is 19.2.